The fourth-order valence-corrected chi connectivity index (χ4v) is 2.60. The molecular weight excluding hydrogens is 359 g/mol. The smallest absolute Gasteiger partial charge is 0.124 e. The number of ether oxygens (including phenoxy) is 1. The predicted octanol–water partition coefficient (Wildman–Crippen LogP) is 3.63. The maximum absolute atomic E-state index is 9.20. The number of nitrogens with one attached hydrogen (secondary N) is 2. The molecule has 0 heterocycles. The molecule has 2 aromatic rings. The lowest BCUT2D eigenvalue weighted by molar-refractivity contribution is 0.191. The molecule has 25 heavy (non-hydrogen) atoms. The van der Waals surface area contributed by atoms with Gasteiger partial charge in [0, 0.05) is 41.8 Å². The first kappa shape index (κ1) is 20.0. The Labute approximate surface area is 159 Å². The summed E-state index contributed by atoms with van der Waals surface area (Å²) in [5, 5.41) is 17.1. The van der Waals surface area contributed by atoms with Crippen molar-refractivity contribution in [2.45, 2.75) is 26.2 Å². The summed E-state index contributed by atoms with van der Waals surface area (Å²) in [5.41, 5.74) is 2.07. The predicted molar refractivity (Wildman–Crippen MR) is 103 cm³/mol. The molecule has 0 amide bonds. The molecule has 0 aliphatic heterocycles. The Balaban J connectivity index is 1.85. The largest absolute Gasteiger partial charge is 0.489 e. The number of aliphatic hydroxyl groups excluding tert-OH is 1. The first-order valence-corrected chi connectivity index (χ1v) is 9.05. The van der Waals surface area contributed by atoms with Crippen molar-refractivity contribution in [1.29, 1.82) is 0 Å². The monoisotopic (exact) mass is 382 g/mol. The van der Waals surface area contributed by atoms with E-state index >= 15 is 0 Å². The Kier molecular flexibility index (Phi) is 8.52. The van der Waals surface area contributed by atoms with Crippen LogP contribution in [0.25, 0.3) is 0 Å². The van der Waals surface area contributed by atoms with Gasteiger partial charge in [0.05, 0.1) is 6.10 Å². The number of aliphatic hydroxyl groups is 1. The van der Waals surface area contributed by atoms with Crippen LogP contribution in [0.2, 0.25) is 10.0 Å². The van der Waals surface area contributed by atoms with Crippen molar-refractivity contribution in [1.82, 2.24) is 10.6 Å². The Hall–Kier alpha value is -1.30. The van der Waals surface area contributed by atoms with Crippen molar-refractivity contribution in [3.8, 4) is 5.75 Å². The highest BCUT2D eigenvalue weighted by molar-refractivity contribution is 6.30. The van der Waals surface area contributed by atoms with Crippen LogP contribution in [0, 0.1) is 0 Å². The minimum Gasteiger partial charge on any atom is -0.489 e. The Morgan fingerprint density at radius 3 is 2.40 bits per heavy atom. The Morgan fingerprint density at radius 2 is 1.68 bits per heavy atom. The topological polar surface area (TPSA) is 53.5 Å². The molecule has 0 spiro atoms. The quantitative estimate of drug-likeness (QED) is 0.549. The van der Waals surface area contributed by atoms with Crippen LogP contribution in [0.3, 0.4) is 0 Å². The molecule has 0 aliphatic rings. The van der Waals surface area contributed by atoms with Crippen LogP contribution in [0.5, 0.6) is 5.75 Å². The van der Waals surface area contributed by atoms with Gasteiger partial charge in [-0.1, -0.05) is 35.3 Å². The van der Waals surface area contributed by atoms with Gasteiger partial charge in [-0.2, -0.15) is 0 Å². The van der Waals surface area contributed by atoms with E-state index in [0.717, 1.165) is 30.0 Å². The summed E-state index contributed by atoms with van der Waals surface area (Å²) in [6.07, 6.45) is -0.333. The van der Waals surface area contributed by atoms with Crippen molar-refractivity contribution in [3.63, 3.8) is 0 Å². The van der Waals surface area contributed by atoms with Crippen molar-refractivity contribution in [2.24, 2.45) is 0 Å². The van der Waals surface area contributed by atoms with Gasteiger partial charge < -0.3 is 20.5 Å². The molecule has 0 aliphatic carbocycles. The molecule has 0 radical (unpaired) electrons. The fourth-order valence-electron chi connectivity index (χ4n) is 2.28. The van der Waals surface area contributed by atoms with Crippen LogP contribution in [0.4, 0.5) is 0 Å². The standard InChI is InChI=1S/C19H24Cl2N2O2/c1-14(24)11-22-8-9-23-12-16-10-18(21)6-7-19(16)25-13-15-2-4-17(20)5-3-15/h2-7,10,14,22-24H,8-9,11-13H2,1H3/t14-/m1/s1. The summed E-state index contributed by atoms with van der Waals surface area (Å²) in [5.74, 6) is 0.809. The van der Waals surface area contributed by atoms with Crippen LogP contribution in [0.1, 0.15) is 18.1 Å². The molecule has 1 atom stereocenters. The van der Waals surface area contributed by atoms with E-state index in [2.05, 4.69) is 10.6 Å². The second kappa shape index (κ2) is 10.6. The normalized spacial score (nSPS) is 12.2. The van der Waals surface area contributed by atoms with E-state index in [4.69, 9.17) is 27.9 Å². The zero-order valence-electron chi connectivity index (χ0n) is 14.3. The second-order valence-electron chi connectivity index (χ2n) is 5.90. The van der Waals surface area contributed by atoms with Crippen molar-refractivity contribution < 1.29 is 9.84 Å². The number of hydrogen-bond donors (Lipinski definition) is 3. The molecule has 0 aromatic heterocycles. The average Bonchev–Trinajstić information content (AvgIpc) is 2.58. The fraction of sp³-hybridized carbons (Fsp3) is 0.368. The summed E-state index contributed by atoms with van der Waals surface area (Å²) >= 11 is 12.0. The summed E-state index contributed by atoms with van der Waals surface area (Å²) in [4.78, 5) is 0. The van der Waals surface area contributed by atoms with E-state index < -0.39 is 0 Å². The lowest BCUT2D eigenvalue weighted by Crippen LogP contribution is -2.31. The maximum Gasteiger partial charge on any atom is 0.124 e. The summed E-state index contributed by atoms with van der Waals surface area (Å²) in [6, 6.07) is 13.2. The van der Waals surface area contributed by atoms with Gasteiger partial charge in [0.2, 0.25) is 0 Å². The number of rotatable bonds is 10. The SMILES string of the molecule is C[C@@H](O)CNCCNCc1cc(Cl)ccc1OCc1ccc(Cl)cc1. The molecule has 2 rings (SSSR count). The second-order valence-corrected chi connectivity index (χ2v) is 6.77. The summed E-state index contributed by atoms with van der Waals surface area (Å²) < 4.78 is 5.94. The van der Waals surface area contributed by atoms with E-state index in [0.29, 0.717) is 29.7 Å². The highest BCUT2D eigenvalue weighted by Crippen LogP contribution is 2.24. The first-order valence-electron chi connectivity index (χ1n) is 8.30. The maximum atomic E-state index is 9.20. The molecule has 0 fully saturated rings. The van der Waals surface area contributed by atoms with Crippen molar-refractivity contribution in [2.75, 3.05) is 19.6 Å². The van der Waals surface area contributed by atoms with Crippen LogP contribution in [0.15, 0.2) is 42.5 Å². The third kappa shape index (κ3) is 7.63. The van der Waals surface area contributed by atoms with E-state index in [1.807, 2.05) is 42.5 Å². The molecule has 2 aromatic carbocycles. The van der Waals surface area contributed by atoms with Gasteiger partial charge in [-0.05, 0) is 42.8 Å². The third-order valence-electron chi connectivity index (χ3n) is 3.56. The lowest BCUT2D eigenvalue weighted by atomic mass is 10.2. The van der Waals surface area contributed by atoms with Crippen molar-refractivity contribution in [3.05, 3.63) is 63.6 Å². The Bertz CT molecular complexity index is 648. The number of hydrogen-bond acceptors (Lipinski definition) is 4. The van der Waals surface area contributed by atoms with Gasteiger partial charge in [-0.3, -0.25) is 0 Å². The lowest BCUT2D eigenvalue weighted by Gasteiger charge is -2.13. The van der Waals surface area contributed by atoms with Gasteiger partial charge in [0.1, 0.15) is 12.4 Å². The zero-order valence-corrected chi connectivity index (χ0v) is 15.8. The number of halogens is 2. The molecule has 4 nitrogen and oxygen atoms in total. The molecule has 6 heteroatoms. The van der Waals surface area contributed by atoms with E-state index in [1.165, 1.54) is 0 Å². The Morgan fingerprint density at radius 1 is 1.00 bits per heavy atom. The van der Waals surface area contributed by atoms with Gasteiger partial charge in [-0.25, -0.2) is 0 Å². The van der Waals surface area contributed by atoms with Gasteiger partial charge in [0.25, 0.3) is 0 Å². The van der Waals surface area contributed by atoms with Crippen LogP contribution < -0.4 is 15.4 Å². The van der Waals surface area contributed by atoms with Crippen LogP contribution in [-0.4, -0.2) is 30.8 Å². The van der Waals surface area contributed by atoms with E-state index in [-0.39, 0.29) is 6.10 Å². The highest BCUT2D eigenvalue weighted by Gasteiger charge is 2.06. The van der Waals surface area contributed by atoms with E-state index in [1.54, 1.807) is 6.92 Å². The first-order chi connectivity index (χ1) is 12.0. The molecule has 0 unspecified atom stereocenters. The van der Waals surface area contributed by atoms with E-state index in [9.17, 15) is 5.11 Å². The molecule has 0 saturated carbocycles. The van der Waals surface area contributed by atoms with Crippen LogP contribution in [-0.2, 0) is 13.2 Å². The van der Waals surface area contributed by atoms with Crippen molar-refractivity contribution >= 4 is 23.2 Å². The molecule has 0 saturated heterocycles. The average molecular weight is 383 g/mol. The van der Waals surface area contributed by atoms with Gasteiger partial charge in [0.15, 0.2) is 0 Å². The van der Waals surface area contributed by atoms with Gasteiger partial charge >= 0.3 is 0 Å². The minimum atomic E-state index is -0.333. The molecular formula is C19H24Cl2N2O2. The number of benzene rings is 2. The summed E-state index contributed by atoms with van der Waals surface area (Å²) in [6.45, 7) is 5.06. The molecule has 0 bridgehead atoms. The summed E-state index contributed by atoms with van der Waals surface area (Å²) in [7, 11) is 0. The molecule has 3 N–H and O–H groups in total. The highest BCUT2D eigenvalue weighted by atomic mass is 35.5. The van der Waals surface area contributed by atoms with Crippen LogP contribution >= 0.6 is 23.2 Å². The molecule has 136 valence electrons. The third-order valence-corrected chi connectivity index (χ3v) is 4.05. The zero-order chi connectivity index (χ0) is 18.1. The van der Waals surface area contributed by atoms with Gasteiger partial charge in [-0.15, -0.1) is 0 Å². The minimum absolute atomic E-state index is 0.333.